The summed E-state index contributed by atoms with van der Waals surface area (Å²) in [5.41, 5.74) is 3.18. The SMILES string of the molecule is C1CCNCC1.N#Cc1cnn2cc(-c3cn[nH]c3)cc(Sc3cccnn3)c12. The van der Waals surface area contributed by atoms with Crippen LogP contribution in [0.1, 0.15) is 24.8 Å². The van der Waals surface area contributed by atoms with E-state index >= 15 is 0 Å². The number of rotatable bonds is 3. The van der Waals surface area contributed by atoms with Crippen LogP contribution in [0, 0.1) is 11.3 Å². The van der Waals surface area contributed by atoms with Gasteiger partial charge in [0.05, 0.1) is 23.5 Å². The van der Waals surface area contributed by atoms with Crippen LogP contribution in [0.25, 0.3) is 16.6 Å². The van der Waals surface area contributed by atoms with E-state index in [-0.39, 0.29) is 0 Å². The second-order valence-corrected chi connectivity index (χ2v) is 7.58. The second kappa shape index (κ2) is 9.32. The summed E-state index contributed by atoms with van der Waals surface area (Å²) in [5.74, 6) is 0. The van der Waals surface area contributed by atoms with Crippen molar-refractivity contribution in [1.29, 1.82) is 5.26 Å². The van der Waals surface area contributed by atoms with Gasteiger partial charge in [-0.2, -0.15) is 20.6 Å². The Hall–Kier alpha value is -3.22. The fourth-order valence-electron chi connectivity index (χ4n) is 3.07. The number of H-pyrrole nitrogens is 1. The molecule has 2 N–H and O–H groups in total. The van der Waals surface area contributed by atoms with Gasteiger partial charge in [0.2, 0.25) is 0 Å². The van der Waals surface area contributed by atoms with Crippen molar-refractivity contribution in [1.82, 2.24) is 35.3 Å². The molecule has 0 radical (unpaired) electrons. The third kappa shape index (κ3) is 4.62. The molecule has 29 heavy (non-hydrogen) atoms. The van der Waals surface area contributed by atoms with Crippen LogP contribution in [0.5, 0.6) is 0 Å². The maximum Gasteiger partial charge on any atom is 0.124 e. The van der Waals surface area contributed by atoms with Crippen molar-refractivity contribution < 1.29 is 0 Å². The Kier molecular flexibility index (Phi) is 6.14. The number of hydrogen-bond donors (Lipinski definition) is 2. The summed E-state index contributed by atoms with van der Waals surface area (Å²) < 4.78 is 1.71. The zero-order chi connectivity index (χ0) is 19.9. The molecule has 0 spiro atoms. The lowest BCUT2D eigenvalue weighted by Gasteiger charge is -2.08. The Morgan fingerprint density at radius 1 is 1.14 bits per heavy atom. The first-order valence-corrected chi connectivity index (χ1v) is 10.2. The molecular weight excluding hydrogens is 384 g/mol. The van der Waals surface area contributed by atoms with E-state index in [1.54, 1.807) is 23.1 Å². The minimum absolute atomic E-state index is 0.523. The van der Waals surface area contributed by atoms with Gasteiger partial charge in [-0.1, -0.05) is 18.2 Å². The van der Waals surface area contributed by atoms with Crippen molar-refractivity contribution in [3.05, 3.63) is 54.7 Å². The molecule has 1 aliphatic rings. The summed E-state index contributed by atoms with van der Waals surface area (Å²) >= 11 is 1.45. The molecule has 0 bridgehead atoms. The Morgan fingerprint density at radius 3 is 2.66 bits per heavy atom. The molecule has 9 heteroatoms. The van der Waals surface area contributed by atoms with Crippen molar-refractivity contribution >= 4 is 17.3 Å². The van der Waals surface area contributed by atoms with Crippen LogP contribution in [0.4, 0.5) is 0 Å². The Balaban J connectivity index is 0.000000294. The standard InChI is InChI=1S/C15H9N7S.C5H11N/c16-5-11-8-20-22-9-10(12-6-18-19-7-12)4-13(15(11)22)23-14-2-1-3-17-21-14;1-2-4-6-5-3-1/h1-4,6-9H,(H,18,19);6H,1-5H2. The van der Waals surface area contributed by atoms with Crippen molar-refractivity contribution in [3.63, 3.8) is 0 Å². The molecule has 4 aromatic rings. The van der Waals surface area contributed by atoms with E-state index < -0.39 is 0 Å². The molecule has 5 rings (SSSR count). The maximum atomic E-state index is 9.31. The number of pyridine rings is 1. The number of nitriles is 1. The van der Waals surface area contributed by atoms with Crippen LogP contribution in [-0.4, -0.2) is 43.1 Å². The fraction of sp³-hybridized carbons (Fsp3) is 0.250. The van der Waals surface area contributed by atoms with Gasteiger partial charge < -0.3 is 5.32 Å². The summed E-state index contributed by atoms with van der Waals surface area (Å²) in [6, 6.07) is 7.88. The molecule has 8 nitrogen and oxygen atoms in total. The maximum absolute atomic E-state index is 9.31. The topological polar surface area (TPSA) is 108 Å². The Labute approximate surface area is 172 Å². The van der Waals surface area contributed by atoms with Gasteiger partial charge in [0.15, 0.2) is 0 Å². The zero-order valence-corrected chi connectivity index (χ0v) is 16.6. The van der Waals surface area contributed by atoms with Gasteiger partial charge in [0.25, 0.3) is 0 Å². The van der Waals surface area contributed by atoms with Gasteiger partial charge in [-0.05, 0) is 44.1 Å². The van der Waals surface area contributed by atoms with E-state index in [1.165, 1.54) is 44.1 Å². The van der Waals surface area contributed by atoms with Crippen LogP contribution in [-0.2, 0) is 0 Å². The first kappa shape index (κ1) is 19.1. The molecule has 0 aromatic carbocycles. The number of aromatic nitrogens is 6. The van der Waals surface area contributed by atoms with Gasteiger partial charge in [-0.3, -0.25) is 5.10 Å². The number of nitrogens with one attached hydrogen (secondary N) is 2. The second-order valence-electron chi connectivity index (χ2n) is 6.52. The van der Waals surface area contributed by atoms with Crippen molar-refractivity contribution in [2.45, 2.75) is 29.2 Å². The predicted molar refractivity (Wildman–Crippen MR) is 110 cm³/mol. The molecule has 1 aliphatic heterocycles. The Morgan fingerprint density at radius 2 is 2.03 bits per heavy atom. The average molecular weight is 405 g/mol. The molecule has 4 aromatic heterocycles. The number of piperidine rings is 1. The first-order valence-electron chi connectivity index (χ1n) is 9.42. The molecule has 0 unspecified atom stereocenters. The number of nitrogens with zero attached hydrogens (tertiary/aromatic N) is 6. The number of fused-ring (bicyclic) bond motifs is 1. The van der Waals surface area contributed by atoms with E-state index in [9.17, 15) is 5.26 Å². The summed E-state index contributed by atoms with van der Waals surface area (Å²) in [4.78, 5) is 0.887. The molecule has 0 aliphatic carbocycles. The van der Waals surface area contributed by atoms with Crippen LogP contribution in [0.2, 0.25) is 0 Å². The van der Waals surface area contributed by atoms with Crippen molar-refractivity contribution in [3.8, 4) is 17.2 Å². The molecule has 5 heterocycles. The smallest absolute Gasteiger partial charge is 0.124 e. The molecule has 0 saturated carbocycles. The lowest BCUT2D eigenvalue weighted by atomic mass is 10.1. The van der Waals surface area contributed by atoms with Crippen LogP contribution >= 0.6 is 11.8 Å². The van der Waals surface area contributed by atoms with E-state index in [1.807, 2.05) is 30.6 Å². The minimum atomic E-state index is 0.523. The van der Waals surface area contributed by atoms with Crippen LogP contribution in [0.3, 0.4) is 0 Å². The highest BCUT2D eigenvalue weighted by Gasteiger charge is 2.14. The summed E-state index contributed by atoms with van der Waals surface area (Å²) in [5, 5.41) is 32.4. The van der Waals surface area contributed by atoms with Crippen molar-refractivity contribution in [2.24, 2.45) is 0 Å². The normalized spacial score (nSPS) is 13.5. The largest absolute Gasteiger partial charge is 0.317 e. The van der Waals surface area contributed by atoms with Crippen molar-refractivity contribution in [2.75, 3.05) is 13.1 Å². The number of aromatic amines is 1. The molecule has 146 valence electrons. The van der Waals surface area contributed by atoms with E-state index in [2.05, 4.69) is 36.9 Å². The quantitative estimate of drug-likeness (QED) is 0.539. The highest BCUT2D eigenvalue weighted by atomic mass is 32.2. The third-order valence-corrected chi connectivity index (χ3v) is 5.46. The summed E-state index contributed by atoms with van der Waals surface area (Å²) in [6.45, 7) is 2.50. The van der Waals surface area contributed by atoms with E-state index in [0.717, 1.165) is 26.6 Å². The molecular formula is C20H20N8S. The predicted octanol–water partition coefficient (Wildman–Crippen LogP) is 3.30. The van der Waals surface area contributed by atoms with Gasteiger partial charge in [0, 0.05) is 34.6 Å². The highest BCUT2D eigenvalue weighted by Crippen LogP contribution is 2.34. The van der Waals surface area contributed by atoms with Crippen LogP contribution in [0.15, 0.2) is 59.1 Å². The molecule has 1 fully saturated rings. The van der Waals surface area contributed by atoms with Crippen LogP contribution < -0.4 is 5.32 Å². The average Bonchev–Trinajstić information content (AvgIpc) is 3.46. The minimum Gasteiger partial charge on any atom is -0.317 e. The molecule has 0 amide bonds. The van der Waals surface area contributed by atoms with Gasteiger partial charge in [-0.25, -0.2) is 4.52 Å². The zero-order valence-electron chi connectivity index (χ0n) is 15.7. The van der Waals surface area contributed by atoms with Gasteiger partial charge in [-0.15, -0.1) is 5.10 Å². The number of hydrogen-bond acceptors (Lipinski definition) is 7. The third-order valence-electron chi connectivity index (χ3n) is 4.50. The fourth-order valence-corrected chi connectivity index (χ4v) is 4.01. The summed E-state index contributed by atoms with van der Waals surface area (Å²) in [6.07, 6.45) is 12.8. The van der Waals surface area contributed by atoms with Gasteiger partial charge >= 0.3 is 0 Å². The monoisotopic (exact) mass is 404 g/mol. The molecule has 0 atom stereocenters. The lowest BCUT2D eigenvalue weighted by molar-refractivity contribution is 0.520. The molecule has 1 saturated heterocycles. The highest BCUT2D eigenvalue weighted by molar-refractivity contribution is 7.99. The van der Waals surface area contributed by atoms with E-state index in [0.29, 0.717) is 5.56 Å². The lowest BCUT2D eigenvalue weighted by Crippen LogP contribution is -2.21. The Bertz CT molecular complexity index is 1080. The summed E-state index contributed by atoms with van der Waals surface area (Å²) in [7, 11) is 0. The first-order chi connectivity index (χ1) is 14.3. The van der Waals surface area contributed by atoms with E-state index in [4.69, 9.17) is 0 Å². The van der Waals surface area contributed by atoms with Gasteiger partial charge in [0.1, 0.15) is 11.1 Å².